The summed E-state index contributed by atoms with van der Waals surface area (Å²) in [7, 11) is -2.62. The number of nitrogens with zero attached hydrogens (tertiary/aromatic N) is 5. The van der Waals surface area contributed by atoms with Crippen LogP contribution in [0.1, 0.15) is 12.8 Å². The number of rotatable bonds is 7. The van der Waals surface area contributed by atoms with Crippen molar-refractivity contribution in [3.8, 4) is 5.75 Å². The predicted molar refractivity (Wildman–Crippen MR) is 105 cm³/mol. The van der Waals surface area contributed by atoms with Gasteiger partial charge < -0.3 is 9.64 Å². The minimum atomic E-state index is -3.95. The van der Waals surface area contributed by atoms with Gasteiger partial charge in [0, 0.05) is 19.6 Å². The molecule has 0 aliphatic carbocycles. The molecule has 4 rings (SSSR count). The molecule has 1 aliphatic rings. The van der Waals surface area contributed by atoms with E-state index in [9.17, 15) is 12.8 Å². The number of sulfonamides is 1. The van der Waals surface area contributed by atoms with Crippen molar-refractivity contribution in [3.63, 3.8) is 0 Å². The summed E-state index contributed by atoms with van der Waals surface area (Å²) in [6.07, 6.45) is 5.46. The van der Waals surface area contributed by atoms with Crippen LogP contribution < -0.4 is 14.4 Å². The number of hydrogen-bond acceptors (Lipinski definition) is 7. The SMILES string of the molecule is COc1ccc(F)cc1S(=O)(=O)NCCn1ncc2c(N3CCCC3)ncnc21. The summed E-state index contributed by atoms with van der Waals surface area (Å²) < 4.78 is 47.8. The lowest BCUT2D eigenvalue weighted by Crippen LogP contribution is -2.28. The summed E-state index contributed by atoms with van der Waals surface area (Å²) in [5.41, 5.74) is 0.643. The van der Waals surface area contributed by atoms with E-state index in [1.807, 2.05) is 0 Å². The van der Waals surface area contributed by atoms with Gasteiger partial charge in [-0.2, -0.15) is 5.10 Å². The monoisotopic (exact) mass is 420 g/mol. The van der Waals surface area contributed by atoms with E-state index in [4.69, 9.17) is 4.74 Å². The Balaban J connectivity index is 1.50. The Kier molecular flexibility index (Phi) is 5.33. The smallest absolute Gasteiger partial charge is 0.244 e. The molecule has 2 aromatic heterocycles. The van der Waals surface area contributed by atoms with E-state index in [0.717, 1.165) is 49.3 Å². The van der Waals surface area contributed by atoms with Gasteiger partial charge in [-0.3, -0.25) is 0 Å². The summed E-state index contributed by atoms with van der Waals surface area (Å²) in [6, 6.07) is 3.35. The first-order valence-electron chi connectivity index (χ1n) is 9.24. The van der Waals surface area contributed by atoms with Crippen molar-refractivity contribution < 1.29 is 17.5 Å². The van der Waals surface area contributed by atoms with Crippen molar-refractivity contribution >= 4 is 26.9 Å². The number of halogens is 1. The first-order valence-corrected chi connectivity index (χ1v) is 10.7. The van der Waals surface area contributed by atoms with Crippen molar-refractivity contribution in [1.82, 2.24) is 24.5 Å². The third-order valence-electron chi connectivity index (χ3n) is 4.85. The van der Waals surface area contributed by atoms with Crippen LogP contribution in [0.25, 0.3) is 11.0 Å². The lowest BCUT2D eigenvalue weighted by atomic mass is 10.3. The number of ether oxygens (including phenoxy) is 1. The Bertz CT molecular complexity index is 1130. The molecule has 1 N–H and O–H groups in total. The van der Waals surface area contributed by atoms with Crippen molar-refractivity contribution in [1.29, 1.82) is 0 Å². The van der Waals surface area contributed by atoms with E-state index in [0.29, 0.717) is 5.65 Å². The van der Waals surface area contributed by atoms with E-state index in [-0.39, 0.29) is 23.7 Å². The Morgan fingerprint density at radius 2 is 2.03 bits per heavy atom. The van der Waals surface area contributed by atoms with E-state index in [2.05, 4.69) is 24.7 Å². The third kappa shape index (κ3) is 3.87. The molecule has 29 heavy (non-hydrogen) atoms. The molecule has 1 aliphatic heterocycles. The third-order valence-corrected chi connectivity index (χ3v) is 6.33. The van der Waals surface area contributed by atoms with Gasteiger partial charge in [0.05, 0.1) is 25.2 Å². The molecular formula is C18H21FN6O3S. The Labute approximate surface area is 167 Å². The summed E-state index contributed by atoms with van der Waals surface area (Å²) in [4.78, 5) is 10.6. The maximum atomic E-state index is 13.5. The predicted octanol–water partition coefficient (Wildman–Crippen LogP) is 1.55. The van der Waals surface area contributed by atoms with Gasteiger partial charge in [0.15, 0.2) is 5.65 Å². The summed E-state index contributed by atoms with van der Waals surface area (Å²) in [6.45, 7) is 2.22. The van der Waals surface area contributed by atoms with E-state index >= 15 is 0 Å². The van der Waals surface area contributed by atoms with Crippen LogP contribution in [0, 0.1) is 5.82 Å². The number of fused-ring (bicyclic) bond motifs is 1. The maximum Gasteiger partial charge on any atom is 0.244 e. The number of aromatic nitrogens is 4. The second kappa shape index (κ2) is 7.91. The molecular weight excluding hydrogens is 399 g/mol. The van der Waals surface area contributed by atoms with Crippen molar-refractivity contribution in [2.45, 2.75) is 24.3 Å². The van der Waals surface area contributed by atoms with Gasteiger partial charge in [0.1, 0.15) is 28.6 Å². The molecule has 1 fully saturated rings. The first-order chi connectivity index (χ1) is 14.0. The van der Waals surface area contributed by atoms with Crippen molar-refractivity contribution in [2.24, 2.45) is 0 Å². The highest BCUT2D eigenvalue weighted by atomic mass is 32.2. The lowest BCUT2D eigenvalue weighted by Gasteiger charge is -2.16. The van der Waals surface area contributed by atoms with Crippen LogP contribution in [-0.4, -0.2) is 54.9 Å². The zero-order chi connectivity index (χ0) is 20.4. The molecule has 3 aromatic rings. The van der Waals surface area contributed by atoms with E-state index in [1.54, 1.807) is 10.9 Å². The molecule has 0 unspecified atom stereocenters. The zero-order valence-corrected chi connectivity index (χ0v) is 16.7. The van der Waals surface area contributed by atoms with Gasteiger partial charge in [0.2, 0.25) is 10.0 Å². The Hall–Kier alpha value is -2.79. The number of hydrogen-bond donors (Lipinski definition) is 1. The van der Waals surface area contributed by atoms with Crippen LogP contribution in [0.2, 0.25) is 0 Å². The molecule has 0 saturated carbocycles. The van der Waals surface area contributed by atoms with Gasteiger partial charge in [-0.05, 0) is 31.0 Å². The molecule has 0 bridgehead atoms. The number of nitrogens with one attached hydrogen (secondary N) is 1. The van der Waals surface area contributed by atoms with Crippen LogP contribution >= 0.6 is 0 Å². The average molecular weight is 420 g/mol. The molecule has 11 heteroatoms. The van der Waals surface area contributed by atoms with Crippen LogP contribution in [0.4, 0.5) is 10.2 Å². The quantitative estimate of drug-likeness (QED) is 0.619. The summed E-state index contributed by atoms with van der Waals surface area (Å²) in [5, 5.41) is 5.17. The summed E-state index contributed by atoms with van der Waals surface area (Å²) >= 11 is 0. The molecule has 3 heterocycles. The second-order valence-electron chi connectivity index (χ2n) is 6.69. The second-order valence-corrected chi connectivity index (χ2v) is 8.42. The number of anilines is 1. The molecule has 9 nitrogen and oxygen atoms in total. The largest absolute Gasteiger partial charge is 0.495 e. The molecule has 0 amide bonds. The molecule has 0 atom stereocenters. The minimum absolute atomic E-state index is 0.0574. The Morgan fingerprint density at radius 1 is 1.24 bits per heavy atom. The zero-order valence-electron chi connectivity index (χ0n) is 15.9. The normalized spacial score (nSPS) is 14.6. The number of benzene rings is 1. The number of methoxy groups -OCH3 is 1. The van der Waals surface area contributed by atoms with Crippen molar-refractivity contribution in [2.75, 3.05) is 31.6 Å². The fraction of sp³-hybridized carbons (Fsp3) is 0.389. The highest BCUT2D eigenvalue weighted by Crippen LogP contribution is 2.26. The molecule has 1 aromatic carbocycles. The molecule has 1 saturated heterocycles. The molecule has 0 radical (unpaired) electrons. The fourth-order valence-corrected chi connectivity index (χ4v) is 4.65. The van der Waals surface area contributed by atoms with Gasteiger partial charge in [-0.15, -0.1) is 0 Å². The Morgan fingerprint density at radius 3 is 2.79 bits per heavy atom. The van der Waals surface area contributed by atoms with Crippen LogP contribution in [-0.2, 0) is 16.6 Å². The fourth-order valence-electron chi connectivity index (χ4n) is 3.45. The summed E-state index contributed by atoms with van der Waals surface area (Å²) in [5.74, 6) is 0.269. The van der Waals surface area contributed by atoms with Gasteiger partial charge in [-0.25, -0.2) is 32.2 Å². The van der Waals surface area contributed by atoms with Crippen LogP contribution in [0.5, 0.6) is 5.75 Å². The standard InChI is InChI=1S/C18H21FN6O3S/c1-28-15-5-4-13(19)10-16(15)29(26,27)23-6-9-25-18-14(11-22-25)17(20-12-21-18)24-7-2-3-8-24/h4-5,10-12,23H,2-3,6-9H2,1H3. The topological polar surface area (TPSA) is 102 Å². The molecule has 0 spiro atoms. The lowest BCUT2D eigenvalue weighted by molar-refractivity contribution is 0.400. The highest BCUT2D eigenvalue weighted by Gasteiger charge is 2.21. The van der Waals surface area contributed by atoms with Gasteiger partial charge in [0.25, 0.3) is 0 Å². The highest BCUT2D eigenvalue weighted by molar-refractivity contribution is 7.89. The van der Waals surface area contributed by atoms with Crippen LogP contribution in [0.15, 0.2) is 35.6 Å². The van der Waals surface area contributed by atoms with Gasteiger partial charge >= 0.3 is 0 Å². The maximum absolute atomic E-state index is 13.5. The first kappa shape index (κ1) is 19.5. The minimum Gasteiger partial charge on any atom is -0.495 e. The van der Waals surface area contributed by atoms with E-state index < -0.39 is 15.8 Å². The van der Waals surface area contributed by atoms with E-state index in [1.165, 1.54) is 19.5 Å². The van der Waals surface area contributed by atoms with Crippen LogP contribution in [0.3, 0.4) is 0 Å². The average Bonchev–Trinajstić information content (AvgIpc) is 3.38. The van der Waals surface area contributed by atoms with Gasteiger partial charge in [-0.1, -0.05) is 0 Å². The van der Waals surface area contributed by atoms with Crippen molar-refractivity contribution in [3.05, 3.63) is 36.5 Å². The molecule has 154 valence electrons.